The van der Waals surface area contributed by atoms with Crippen LogP contribution in [0.25, 0.3) is 0 Å². The molecule has 2 rings (SSSR count). The van der Waals surface area contributed by atoms with Crippen molar-refractivity contribution in [1.82, 2.24) is 13.8 Å². The summed E-state index contributed by atoms with van der Waals surface area (Å²) < 4.78 is 28.1. The first-order chi connectivity index (χ1) is 9.34. The van der Waals surface area contributed by atoms with Crippen LogP contribution in [-0.4, -0.2) is 61.0 Å². The van der Waals surface area contributed by atoms with Crippen molar-refractivity contribution in [2.45, 2.75) is 17.9 Å². The van der Waals surface area contributed by atoms with E-state index in [0.29, 0.717) is 18.2 Å². The number of aromatic nitrogens is 1. The first-order valence-electron chi connectivity index (χ1n) is 6.75. The van der Waals surface area contributed by atoms with Crippen molar-refractivity contribution in [3.05, 3.63) is 18.0 Å². The van der Waals surface area contributed by atoms with Crippen LogP contribution in [0.1, 0.15) is 12.1 Å². The number of hydrogen-bond donors (Lipinski definition) is 1. The third kappa shape index (κ3) is 3.06. The number of aliphatic hydroxyl groups excluding tert-OH is 1. The number of nitrogens with zero attached hydrogens (tertiary/aromatic N) is 3. The molecule has 0 amide bonds. The van der Waals surface area contributed by atoms with Crippen LogP contribution in [0.2, 0.25) is 0 Å². The average Bonchev–Trinajstić information content (AvgIpc) is 2.95. The van der Waals surface area contributed by atoms with E-state index in [1.807, 2.05) is 0 Å². The van der Waals surface area contributed by atoms with Gasteiger partial charge in [0, 0.05) is 39.1 Å². The number of aliphatic hydroxyl groups is 1. The molecule has 1 atom stereocenters. The molecule has 1 unspecified atom stereocenters. The predicted octanol–water partition coefficient (Wildman–Crippen LogP) is 0.0896. The van der Waals surface area contributed by atoms with Crippen molar-refractivity contribution in [2.24, 2.45) is 13.0 Å². The molecule has 0 saturated carbocycles. The number of sulfonamides is 1. The molecule has 0 bridgehead atoms. The Morgan fingerprint density at radius 2 is 2.15 bits per heavy atom. The SMILES string of the molecule is CN1CCC(CN(C)S(=O)(=O)c2cc(CO)n(C)c2)C1. The van der Waals surface area contributed by atoms with E-state index in [1.165, 1.54) is 10.4 Å². The Balaban J connectivity index is 2.12. The van der Waals surface area contributed by atoms with Gasteiger partial charge >= 0.3 is 0 Å². The molecule has 1 aromatic heterocycles. The minimum absolute atomic E-state index is 0.164. The lowest BCUT2D eigenvalue weighted by atomic mass is 10.1. The van der Waals surface area contributed by atoms with Crippen molar-refractivity contribution in [3.63, 3.8) is 0 Å². The lowest BCUT2D eigenvalue weighted by Crippen LogP contribution is -2.32. The Kier molecular flexibility index (Phi) is 4.53. The van der Waals surface area contributed by atoms with Gasteiger partial charge in [0.1, 0.15) is 4.90 Å². The Morgan fingerprint density at radius 1 is 1.45 bits per heavy atom. The van der Waals surface area contributed by atoms with Gasteiger partial charge in [0.25, 0.3) is 0 Å². The molecule has 20 heavy (non-hydrogen) atoms. The first-order valence-corrected chi connectivity index (χ1v) is 8.19. The summed E-state index contributed by atoms with van der Waals surface area (Å²) in [5.41, 5.74) is 0.595. The molecular formula is C13H23N3O3S. The van der Waals surface area contributed by atoms with Crippen molar-refractivity contribution >= 4 is 10.0 Å². The van der Waals surface area contributed by atoms with Crippen LogP contribution in [0.3, 0.4) is 0 Å². The topological polar surface area (TPSA) is 65.8 Å². The summed E-state index contributed by atoms with van der Waals surface area (Å²) >= 11 is 0. The zero-order chi connectivity index (χ0) is 14.9. The summed E-state index contributed by atoms with van der Waals surface area (Å²) in [6.07, 6.45) is 2.59. The second-order valence-corrected chi connectivity index (χ2v) is 7.68. The molecule has 1 aliphatic heterocycles. The summed E-state index contributed by atoms with van der Waals surface area (Å²) in [5.74, 6) is 0.390. The summed E-state index contributed by atoms with van der Waals surface area (Å²) in [6.45, 7) is 2.34. The average molecular weight is 301 g/mol. The molecule has 1 aliphatic rings. The molecular weight excluding hydrogens is 278 g/mol. The number of aryl methyl sites for hydroxylation is 1. The largest absolute Gasteiger partial charge is 0.390 e. The molecule has 0 aromatic carbocycles. The van der Waals surface area contributed by atoms with E-state index >= 15 is 0 Å². The molecule has 0 radical (unpaired) electrons. The second kappa shape index (κ2) is 5.85. The van der Waals surface area contributed by atoms with Crippen molar-refractivity contribution in [1.29, 1.82) is 0 Å². The zero-order valence-corrected chi connectivity index (χ0v) is 13.1. The lowest BCUT2D eigenvalue weighted by Gasteiger charge is -2.20. The fourth-order valence-corrected chi connectivity index (χ4v) is 4.04. The molecule has 7 heteroatoms. The van der Waals surface area contributed by atoms with Crippen molar-refractivity contribution < 1.29 is 13.5 Å². The van der Waals surface area contributed by atoms with Gasteiger partial charge in [-0.3, -0.25) is 0 Å². The van der Waals surface area contributed by atoms with Gasteiger partial charge in [-0.05, 0) is 32.0 Å². The van der Waals surface area contributed by atoms with E-state index in [-0.39, 0.29) is 11.5 Å². The molecule has 1 saturated heterocycles. The Morgan fingerprint density at radius 3 is 2.65 bits per heavy atom. The Labute approximate surface area is 120 Å². The molecule has 6 nitrogen and oxygen atoms in total. The van der Waals surface area contributed by atoms with E-state index < -0.39 is 10.0 Å². The standard InChI is InChI=1S/C13H23N3O3S/c1-14-5-4-11(7-14)8-16(3)20(18,19)13-6-12(10-17)15(2)9-13/h6,9,11,17H,4-5,7-8,10H2,1-3H3. The molecule has 0 spiro atoms. The predicted molar refractivity (Wildman–Crippen MR) is 76.8 cm³/mol. The monoisotopic (exact) mass is 301 g/mol. The molecule has 1 N–H and O–H groups in total. The van der Waals surface area contributed by atoms with Gasteiger partial charge in [-0.1, -0.05) is 0 Å². The van der Waals surface area contributed by atoms with E-state index in [9.17, 15) is 8.42 Å². The van der Waals surface area contributed by atoms with Gasteiger partial charge in [-0.15, -0.1) is 0 Å². The normalized spacial score (nSPS) is 20.9. The highest BCUT2D eigenvalue weighted by Gasteiger charge is 2.28. The number of rotatable bonds is 5. The second-order valence-electron chi connectivity index (χ2n) is 5.64. The summed E-state index contributed by atoms with van der Waals surface area (Å²) in [6, 6.07) is 1.53. The quantitative estimate of drug-likeness (QED) is 0.837. The molecule has 1 fully saturated rings. The van der Waals surface area contributed by atoms with Gasteiger partial charge in [0.2, 0.25) is 10.0 Å². The van der Waals surface area contributed by atoms with Crippen molar-refractivity contribution in [2.75, 3.05) is 33.7 Å². The third-order valence-electron chi connectivity index (χ3n) is 3.96. The van der Waals surface area contributed by atoms with Crippen LogP contribution in [0.15, 0.2) is 17.2 Å². The van der Waals surface area contributed by atoms with E-state index in [4.69, 9.17) is 5.11 Å². The van der Waals surface area contributed by atoms with Crippen LogP contribution in [0, 0.1) is 5.92 Å². The fraction of sp³-hybridized carbons (Fsp3) is 0.692. The molecule has 0 aliphatic carbocycles. The first kappa shape index (κ1) is 15.5. The summed E-state index contributed by atoms with van der Waals surface area (Å²) in [5, 5.41) is 9.16. The van der Waals surface area contributed by atoms with Crippen LogP contribution >= 0.6 is 0 Å². The van der Waals surface area contributed by atoms with E-state index in [0.717, 1.165) is 19.5 Å². The van der Waals surface area contributed by atoms with Crippen LogP contribution in [0.4, 0.5) is 0 Å². The minimum atomic E-state index is -3.47. The smallest absolute Gasteiger partial charge is 0.244 e. The zero-order valence-electron chi connectivity index (χ0n) is 12.3. The maximum absolute atomic E-state index is 12.5. The minimum Gasteiger partial charge on any atom is -0.390 e. The van der Waals surface area contributed by atoms with Gasteiger partial charge in [-0.2, -0.15) is 0 Å². The molecule has 114 valence electrons. The highest BCUT2D eigenvalue weighted by Crippen LogP contribution is 2.21. The maximum Gasteiger partial charge on any atom is 0.244 e. The highest BCUT2D eigenvalue weighted by atomic mass is 32.2. The number of likely N-dealkylation sites (tertiary alicyclic amines) is 1. The van der Waals surface area contributed by atoms with Gasteiger partial charge in [0.05, 0.1) is 6.61 Å². The Hall–Kier alpha value is -0.890. The van der Waals surface area contributed by atoms with Crippen LogP contribution < -0.4 is 0 Å². The molecule has 2 heterocycles. The fourth-order valence-electron chi connectivity index (χ4n) is 2.69. The van der Waals surface area contributed by atoms with Crippen LogP contribution in [0.5, 0.6) is 0 Å². The molecule has 1 aromatic rings. The lowest BCUT2D eigenvalue weighted by molar-refractivity contribution is 0.272. The summed E-state index contributed by atoms with van der Waals surface area (Å²) in [7, 11) is 1.94. The van der Waals surface area contributed by atoms with Gasteiger partial charge < -0.3 is 14.6 Å². The van der Waals surface area contributed by atoms with Gasteiger partial charge in [0.15, 0.2) is 0 Å². The summed E-state index contributed by atoms with van der Waals surface area (Å²) in [4.78, 5) is 2.47. The van der Waals surface area contributed by atoms with Crippen molar-refractivity contribution in [3.8, 4) is 0 Å². The highest BCUT2D eigenvalue weighted by molar-refractivity contribution is 7.89. The van der Waals surface area contributed by atoms with Gasteiger partial charge in [-0.25, -0.2) is 12.7 Å². The van der Waals surface area contributed by atoms with Crippen LogP contribution in [-0.2, 0) is 23.7 Å². The number of hydrogen-bond acceptors (Lipinski definition) is 4. The van der Waals surface area contributed by atoms with E-state index in [2.05, 4.69) is 11.9 Å². The van der Waals surface area contributed by atoms with E-state index in [1.54, 1.807) is 24.9 Å². The third-order valence-corrected chi connectivity index (χ3v) is 5.75. The Bertz CT molecular complexity index is 567. The maximum atomic E-state index is 12.5.